The van der Waals surface area contributed by atoms with Gasteiger partial charge in [-0.3, -0.25) is 0 Å². The maximum atomic E-state index is 9.23. The summed E-state index contributed by atoms with van der Waals surface area (Å²) in [6, 6.07) is 29.5. The first-order chi connectivity index (χ1) is 17.6. The number of ether oxygens (including phenoxy) is 5. The van der Waals surface area contributed by atoms with E-state index >= 15 is 0 Å². The van der Waals surface area contributed by atoms with Gasteiger partial charge in [0.25, 0.3) is 0 Å². The van der Waals surface area contributed by atoms with Gasteiger partial charge in [0, 0.05) is 1.37 Å². The lowest BCUT2D eigenvalue weighted by atomic mass is 9.91. The summed E-state index contributed by atoms with van der Waals surface area (Å²) in [5.74, 6) is -1.56. The van der Waals surface area contributed by atoms with Gasteiger partial charge in [-0.1, -0.05) is 91.0 Å². The number of fused-ring (bicyclic) bond motifs is 1. The molecule has 3 aromatic rings. The Kier molecular flexibility index (Phi) is 6.87. The Balaban J connectivity index is 1.38. The van der Waals surface area contributed by atoms with Gasteiger partial charge >= 0.3 is 0 Å². The van der Waals surface area contributed by atoms with Crippen molar-refractivity contribution in [1.29, 1.82) is 0 Å². The fourth-order valence-electron chi connectivity index (χ4n) is 4.14. The highest BCUT2D eigenvalue weighted by Gasteiger charge is 2.49. The van der Waals surface area contributed by atoms with Crippen molar-refractivity contribution in [2.75, 3.05) is 6.61 Å². The van der Waals surface area contributed by atoms with E-state index in [1.165, 1.54) is 6.26 Å². The highest BCUT2D eigenvalue weighted by atomic mass is 16.7. The minimum atomic E-state index is -1.56. The normalized spacial score (nSPS) is 28.9. The number of hydrogen-bond donors (Lipinski definition) is 0. The fraction of sp³-hybridized carbons (Fsp3) is 0.310. The Morgan fingerprint density at radius 1 is 0.706 bits per heavy atom. The smallest absolute Gasteiger partial charge is 0.208 e. The lowest BCUT2D eigenvalue weighted by Gasteiger charge is -2.43. The van der Waals surface area contributed by atoms with Crippen LogP contribution in [0.4, 0.5) is 0 Å². The van der Waals surface area contributed by atoms with E-state index in [4.69, 9.17) is 25.1 Å². The predicted molar refractivity (Wildman–Crippen MR) is 129 cm³/mol. The SMILES string of the molecule is [2H]C1=CO[C@H]2O[C@H](COCc3ccccc3)[C@@H](OCc3ccccc3)[C@H](OCc3ccccc3)[C@@]12[2H]. The van der Waals surface area contributed by atoms with Crippen LogP contribution in [-0.2, 0) is 43.5 Å². The second-order valence-electron chi connectivity index (χ2n) is 8.34. The molecule has 0 spiro atoms. The Bertz CT molecular complexity index is 1130. The Hall–Kier alpha value is -2.96. The van der Waals surface area contributed by atoms with E-state index in [1.807, 2.05) is 91.0 Å². The molecule has 0 N–H and O–H groups in total. The van der Waals surface area contributed by atoms with Crippen LogP contribution in [0.1, 0.15) is 19.4 Å². The quantitative estimate of drug-likeness (QED) is 0.413. The lowest BCUT2D eigenvalue weighted by molar-refractivity contribution is -0.277. The van der Waals surface area contributed by atoms with E-state index in [0.717, 1.165) is 16.7 Å². The van der Waals surface area contributed by atoms with Crippen molar-refractivity contribution in [2.24, 2.45) is 5.89 Å². The Morgan fingerprint density at radius 3 is 1.82 bits per heavy atom. The molecule has 0 bridgehead atoms. The molecule has 34 heavy (non-hydrogen) atoms. The van der Waals surface area contributed by atoms with Gasteiger partial charge in [0.1, 0.15) is 12.2 Å². The molecule has 0 saturated carbocycles. The molecule has 1 fully saturated rings. The third kappa shape index (κ3) is 5.75. The first kappa shape index (κ1) is 20.4. The first-order valence-electron chi connectivity index (χ1n) is 12.6. The average molecular weight is 461 g/mol. The summed E-state index contributed by atoms with van der Waals surface area (Å²) in [5.41, 5.74) is 3.01. The summed E-state index contributed by atoms with van der Waals surface area (Å²) < 4.78 is 48.3. The molecule has 2 aliphatic rings. The number of benzene rings is 3. The third-order valence-corrected chi connectivity index (χ3v) is 5.89. The zero-order valence-corrected chi connectivity index (χ0v) is 18.9. The molecule has 0 aliphatic carbocycles. The van der Waals surface area contributed by atoms with E-state index in [2.05, 4.69) is 0 Å². The minimum Gasteiger partial charge on any atom is -0.472 e. The summed E-state index contributed by atoms with van der Waals surface area (Å²) in [6.07, 6.45) is -1.72. The van der Waals surface area contributed by atoms with Crippen LogP contribution >= 0.6 is 0 Å². The number of hydrogen-bond acceptors (Lipinski definition) is 5. The zero-order valence-electron chi connectivity index (χ0n) is 20.9. The predicted octanol–water partition coefficient (Wildman–Crippen LogP) is 5.26. The molecule has 0 aromatic heterocycles. The molecule has 5 nitrogen and oxygen atoms in total. The molecule has 1 saturated heterocycles. The van der Waals surface area contributed by atoms with Crippen molar-refractivity contribution in [3.8, 4) is 0 Å². The third-order valence-electron chi connectivity index (χ3n) is 5.89. The Morgan fingerprint density at radius 2 is 1.24 bits per heavy atom. The van der Waals surface area contributed by atoms with Gasteiger partial charge < -0.3 is 23.7 Å². The second kappa shape index (κ2) is 11.4. The highest BCUT2D eigenvalue weighted by Crippen LogP contribution is 2.36. The van der Waals surface area contributed by atoms with Crippen molar-refractivity contribution < 1.29 is 26.4 Å². The molecule has 2 heterocycles. The topological polar surface area (TPSA) is 46.2 Å². The molecule has 0 unspecified atom stereocenters. The van der Waals surface area contributed by atoms with Gasteiger partial charge in [-0.05, 0) is 22.7 Å². The van der Waals surface area contributed by atoms with Crippen LogP contribution in [0.3, 0.4) is 0 Å². The van der Waals surface area contributed by atoms with Crippen molar-refractivity contribution >= 4 is 0 Å². The van der Waals surface area contributed by atoms with Crippen molar-refractivity contribution in [2.45, 2.75) is 44.4 Å². The van der Waals surface area contributed by atoms with Crippen LogP contribution in [0.5, 0.6) is 0 Å². The van der Waals surface area contributed by atoms with Crippen molar-refractivity contribution in [3.63, 3.8) is 0 Å². The summed E-state index contributed by atoms with van der Waals surface area (Å²) in [5, 5.41) is 0. The molecule has 5 heteroatoms. The summed E-state index contributed by atoms with van der Waals surface area (Å²) in [7, 11) is 0. The molecule has 5 rings (SSSR count). The van der Waals surface area contributed by atoms with Crippen LogP contribution < -0.4 is 0 Å². The molecule has 176 valence electrons. The molecule has 5 atom stereocenters. The fourth-order valence-corrected chi connectivity index (χ4v) is 4.14. The van der Waals surface area contributed by atoms with Gasteiger partial charge in [0.05, 0.1) is 46.1 Å². The zero-order chi connectivity index (χ0) is 24.8. The van der Waals surface area contributed by atoms with Crippen LogP contribution in [0.15, 0.2) is 103 Å². The summed E-state index contributed by atoms with van der Waals surface area (Å²) in [6.45, 7) is 1.23. The maximum Gasteiger partial charge on any atom is 0.208 e. The van der Waals surface area contributed by atoms with Gasteiger partial charge in [-0.25, -0.2) is 0 Å². The largest absolute Gasteiger partial charge is 0.472 e. The summed E-state index contributed by atoms with van der Waals surface area (Å²) in [4.78, 5) is 0. The van der Waals surface area contributed by atoms with E-state index in [-0.39, 0.29) is 19.3 Å². The van der Waals surface area contributed by atoms with Gasteiger partial charge in [0.2, 0.25) is 6.29 Å². The maximum absolute atomic E-state index is 9.23. The van der Waals surface area contributed by atoms with Gasteiger partial charge in [-0.2, -0.15) is 0 Å². The van der Waals surface area contributed by atoms with E-state index in [0.29, 0.717) is 13.2 Å². The van der Waals surface area contributed by atoms with Crippen LogP contribution in [0.2, 0.25) is 0 Å². The van der Waals surface area contributed by atoms with Crippen molar-refractivity contribution in [1.82, 2.24) is 0 Å². The minimum absolute atomic E-state index is 0.00234. The molecular weight excluding hydrogens is 428 g/mol. The van der Waals surface area contributed by atoms with Crippen LogP contribution in [0, 0.1) is 5.89 Å². The van der Waals surface area contributed by atoms with Gasteiger partial charge in [-0.15, -0.1) is 0 Å². The summed E-state index contributed by atoms with van der Waals surface area (Å²) >= 11 is 0. The van der Waals surface area contributed by atoms with Crippen molar-refractivity contribution in [3.05, 3.63) is 120 Å². The van der Waals surface area contributed by atoms with E-state index < -0.39 is 30.5 Å². The average Bonchev–Trinajstić information content (AvgIpc) is 3.22. The standard InChI is InChI=1S/C29H30O5/c1-4-10-22(11-5-1)18-30-21-26-28(33-20-24-14-8-3-9-15-24)27(25-16-17-31-29(25)34-26)32-19-23-12-6-2-7-13-23/h1-17,25-29H,18-21H2/t25-,26-,27-,28-,29+/m1/s1/i16D,25D. The molecule has 0 amide bonds. The molecule has 3 aromatic carbocycles. The van der Waals surface area contributed by atoms with E-state index in [1.54, 1.807) is 0 Å². The molecular formula is C29H30O5. The molecule has 2 aliphatic heterocycles. The van der Waals surface area contributed by atoms with Crippen LogP contribution in [-0.4, -0.2) is 31.2 Å². The molecule has 0 radical (unpaired) electrons. The first-order valence-corrected chi connectivity index (χ1v) is 11.6. The highest BCUT2D eigenvalue weighted by molar-refractivity contribution is 5.16. The van der Waals surface area contributed by atoms with Gasteiger partial charge in [0.15, 0.2) is 0 Å². The lowest BCUT2D eigenvalue weighted by Crippen LogP contribution is -2.56. The van der Waals surface area contributed by atoms with Crippen LogP contribution in [0.25, 0.3) is 0 Å². The second-order valence-corrected chi connectivity index (χ2v) is 8.34. The van der Waals surface area contributed by atoms with E-state index in [9.17, 15) is 1.37 Å². The Labute approximate surface area is 203 Å². The monoisotopic (exact) mass is 460 g/mol. The number of rotatable bonds is 10.